The molecule has 6 nitrogen and oxygen atoms in total. The molecule has 0 bridgehead atoms. The van der Waals surface area contributed by atoms with Gasteiger partial charge in [0.2, 0.25) is 5.95 Å². The molecule has 0 fully saturated rings. The van der Waals surface area contributed by atoms with Crippen LogP contribution in [0.5, 0.6) is 0 Å². The van der Waals surface area contributed by atoms with Gasteiger partial charge in [-0.2, -0.15) is 0 Å². The number of para-hydroxylation sites is 5. The van der Waals surface area contributed by atoms with Crippen molar-refractivity contribution in [2.75, 3.05) is 4.90 Å². The minimum atomic E-state index is 0.342. The van der Waals surface area contributed by atoms with Gasteiger partial charge in [0.1, 0.15) is 11.6 Å². The summed E-state index contributed by atoms with van der Waals surface area (Å²) in [4.78, 5) is 12.8. The molecular weight excluding hydrogens is 685 g/mol. The van der Waals surface area contributed by atoms with Crippen molar-refractivity contribution in [2.24, 2.45) is 0 Å². The Bertz CT molecular complexity index is 2970. The molecule has 0 aliphatic rings. The second-order valence-electron chi connectivity index (χ2n) is 15.1. The van der Waals surface area contributed by atoms with E-state index in [1.807, 2.05) is 6.20 Å². The molecule has 0 saturated carbocycles. The second-order valence-corrected chi connectivity index (χ2v) is 15.1. The van der Waals surface area contributed by atoms with Crippen molar-refractivity contribution in [3.63, 3.8) is 0 Å². The first-order valence-corrected chi connectivity index (χ1v) is 19.5. The van der Waals surface area contributed by atoms with Gasteiger partial charge in [-0.3, -0.25) is 18.6 Å². The molecule has 0 saturated heterocycles. The predicted octanol–water partition coefficient (Wildman–Crippen LogP) is 13.2. The number of rotatable bonds is 8. The van der Waals surface area contributed by atoms with E-state index in [4.69, 9.17) is 9.97 Å². The monoisotopic (exact) mass is 726 g/mol. The molecule has 0 N–H and O–H groups in total. The molecule has 10 rings (SSSR count). The molecule has 56 heavy (non-hydrogen) atoms. The number of hydrogen-bond donors (Lipinski definition) is 0. The van der Waals surface area contributed by atoms with Gasteiger partial charge in [-0.05, 0) is 77.6 Å². The molecule has 4 aromatic heterocycles. The van der Waals surface area contributed by atoms with E-state index in [0.29, 0.717) is 11.8 Å². The van der Waals surface area contributed by atoms with Crippen LogP contribution < -0.4 is 4.90 Å². The lowest BCUT2D eigenvalue weighted by Crippen LogP contribution is -2.13. The Morgan fingerprint density at radius 2 is 1.04 bits per heavy atom. The Labute approximate surface area is 326 Å². The highest BCUT2D eigenvalue weighted by atomic mass is 15.2. The van der Waals surface area contributed by atoms with Crippen LogP contribution in [0.2, 0.25) is 0 Å². The third-order valence-electron chi connectivity index (χ3n) is 11.1. The van der Waals surface area contributed by atoms with Crippen molar-refractivity contribution in [1.82, 2.24) is 23.7 Å². The molecule has 272 valence electrons. The van der Waals surface area contributed by atoms with E-state index in [-0.39, 0.29) is 0 Å². The Morgan fingerprint density at radius 1 is 0.482 bits per heavy atom. The smallest absolute Gasteiger partial charge is 0.219 e. The van der Waals surface area contributed by atoms with Crippen LogP contribution in [0.25, 0.3) is 61.1 Å². The maximum atomic E-state index is 5.44. The number of aromatic nitrogens is 5. The first-order valence-electron chi connectivity index (χ1n) is 19.5. The fourth-order valence-electron chi connectivity index (χ4n) is 8.56. The molecular formula is C50H42N6. The third-order valence-corrected chi connectivity index (χ3v) is 11.1. The fourth-order valence-corrected chi connectivity index (χ4v) is 8.56. The summed E-state index contributed by atoms with van der Waals surface area (Å²) in [5, 5.41) is 4.77. The van der Waals surface area contributed by atoms with Gasteiger partial charge in [0.05, 0.1) is 27.8 Å². The van der Waals surface area contributed by atoms with Crippen LogP contribution in [-0.2, 0) is 0 Å². The van der Waals surface area contributed by atoms with E-state index in [2.05, 4.69) is 210 Å². The quantitative estimate of drug-likeness (QED) is 0.157. The largest absolute Gasteiger partial charge is 0.295 e. The highest BCUT2D eigenvalue weighted by molar-refractivity contribution is 6.11. The standard InChI is InChI=1S/C50H42N6/c1-33(2)37-21-14-22-38(34(3)4)49(37)53-31-30-51-50(53)56-45-25-13-10-20-41(45)42-29-28-36(32-46(42)56)54(35-16-6-5-7-17-35)47-26-15-27-48(52-47)55-43-23-11-8-18-39(43)40-19-9-12-24-44(40)55/h5-34H,1-4H3. The average Bonchev–Trinajstić information content (AvgIpc) is 3.93. The minimum Gasteiger partial charge on any atom is -0.295 e. The number of fused-ring (bicyclic) bond motifs is 6. The summed E-state index contributed by atoms with van der Waals surface area (Å²) in [6, 6.07) is 56.2. The van der Waals surface area contributed by atoms with Crippen molar-refractivity contribution >= 4 is 60.8 Å². The maximum Gasteiger partial charge on any atom is 0.219 e. The van der Waals surface area contributed by atoms with Crippen molar-refractivity contribution in [2.45, 2.75) is 39.5 Å². The number of hydrogen-bond acceptors (Lipinski definition) is 3. The molecule has 6 aromatic carbocycles. The maximum absolute atomic E-state index is 5.44. The molecule has 0 atom stereocenters. The van der Waals surface area contributed by atoms with Gasteiger partial charge in [0.15, 0.2) is 0 Å². The Hall–Kier alpha value is -6.92. The van der Waals surface area contributed by atoms with Crippen molar-refractivity contribution in [3.05, 3.63) is 181 Å². The van der Waals surface area contributed by atoms with Crippen molar-refractivity contribution in [1.29, 1.82) is 0 Å². The van der Waals surface area contributed by atoms with Crippen molar-refractivity contribution in [3.8, 4) is 17.5 Å². The van der Waals surface area contributed by atoms with E-state index in [0.717, 1.165) is 51.0 Å². The zero-order valence-electron chi connectivity index (χ0n) is 32.0. The topological polar surface area (TPSA) is 43.8 Å². The molecule has 0 spiro atoms. The minimum absolute atomic E-state index is 0.342. The van der Waals surface area contributed by atoms with Crippen LogP contribution >= 0.6 is 0 Å². The number of pyridine rings is 1. The first kappa shape index (κ1) is 33.6. The number of imidazole rings is 1. The summed E-state index contributed by atoms with van der Waals surface area (Å²) in [7, 11) is 0. The Balaban J connectivity index is 1.20. The summed E-state index contributed by atoms with van der Waals surface area (Å²) in [6.45, 7) is 9.09. The van der Waals surface area contributed by atoms with Crippen molar-refractivity contribution < 1.29 is 0 Å². The molecule has 4 heterocycles. The summed E-state index contributed by atoms with van der Waals surface area (Å²) >= 11 is 0. The lowest BCUT2D eigenvalue weighted by atomic mass is 9.92. The molecule has 0 amide bonds. The van der Waals surface area contributed by atoms with E-state index >= 15 is 0 Å². The van der Waals surface area contributed by atoms with Crippen LogP contribution in [0.1, 0.15) is 50.7 Å². The van der Waals surface area contributed by atoms with Crippen LogP contribution in [0, 0.1) is 0 Å². The van der Waals surface area contributed by atoms with Gasteiger partial charge in [-0.25, -0.2) is 9.97 Å². The van der Waals surface area contributed by atoms with Gasteiger partial charge < -0.3 is 0 Å². The fraction of sp³-hybridized carbons (Fsp3) is 0.120. The highest BCUT2D eigenvalue weighted by Gasteiger charge is 2.23. The van der Waals surface area contributed by atoms with E-state index in [1.165, 1.54) is 38.4 Å². The summed E-state index contributed by atoms with van der Waals surface area (Å²) in [6.07, 6.45) is 4.05. The molecule has 10 aromatic rings. The van der Waals surface area contributed by atoms with E-state index in [9.17, 15) is 0 Å². The van der Waals surface area contributed by atoms with Gasteiger partial charge in [-0.15, -0.1) is 0 Å². The normalized spacial score (nSPS) is 11.9. The average molecular weight is 727 g/mol. The lowest BCUT2D eigenvalue weighted by Gasteiger charge is -2.25. The SMILES string of the molecule is CC(C)c1cccc(C(C)C)c1-n1ccnc1-n1c2ccccc2c2ccc(N(c3ccccc3)c3cccc(-n4c5ccccc5c5ccccc54)n3)cc21. The molecule has 0 unspecified atom stereocenters. The number of nitrogens with zero attached hydrogens (tertiary/aromatic N) is 6. The summed E-state index contributed by atoms with van der Waals surface area (Å²) < 4.78 is 6.91. The third kappa shape index (κ3) is 5.32. The van der Waals surface area contributed by atoms with E-state index in [1.54, 1.807) is 0 Å². The number of anilines is 3. The summed E-state index contributed by atoms with van der Waals surface area (Å²) in [5.74, 6) is 3.23. The van der Waals surface area contributed by atoms with Gasteiger partial charge in [-0.1, -0.05) is 131 Å². The first-order chi connectivity index (χ1) is 27.5. The number of benzene rings is 6. The van der Waals surface area contributed by atoms with Gasteiger partial charge in [0, 0.05) is 45.3 Å². The molecule has 0 radical (unpaired) electrons. The van der Waals surface area contributed by atoms with Gasteiger partial charge in [0.25, 0.3) is 0 Å². The predicted molar refractivity (Wildman–Crippen MR) is 233 cm³/mol. The molecule has 0 aliphatic carbocycles. The highest BCUT2D eigenvalue weighted by Crippen LogP contribution is 2.41. The van der Waals surface area contributed by atoms with Crippen LogP contribution in [0.3, 0.4) is 0 Å². The van der Waals surface area contributed by atoms with Crippen LogP contribution in [0.4, 0.5) is 17.2 Å². The van der Waals surface area contributed by atoms with Crippen LogP contribution in [0.15, 0.2) is 170 Å². The second kappa shape index (κ2) is 13.4. The molecule has 6 heteroatoms. The summed E-state index contributed by atoms with van der Waals surface area (Å²) in [5.41, 5.74) is 10.3. The Morgan fingerprint density at radius 3 is 1.66 bits per heavy atom. The lowest BCUT2D eigenvalue weighted by molar-refractivity contribution is 0.796. The zero-order chi connectivity index (χ0) is 37.9. The van der Waals surface area contributed by atoms with Gasteiger partial charge >= 0.3 is 0 Å². The van der Waals surface area contributed by atoms with Crippen LogP contribution in [-0.4, -0.2) is 23.7 Å². The molecule has 0 aliphatic heterocycles. The zero-order valence-corrected chi connectivity index (χ0v) is 32.0. The Kier molecular flexibility index (Phi) is 8.07. The van der Waals surface area contributed by atoms with E-state index < -0.39 is 0 Å².